The van der Waals surface area contributed by atoms with Gasteiger partial charge in [-0.05, 0) is 50.5 Å². The minimum absolute atomic E-state index is 0.680. The number of rotatable bonds is 6. The molecule has 0 aliphatic rings. The minimum Gasteiger partial charge on any atom is -0.492 e. The van der Waals surface area contributed by atoms with Crippen LogP contribution in [-0.2, 0) is 0 Å². The lowest BCUT2D eigenvalue weighted by atomic mass is 10.2. The Morgan fingerprint density at radius 2 is 1.74 bits per heavy atom. The second-order valence-electron chi connectivity index (χ2n) is 5.56. The first kappa shape index (κ1) is 15.2. The maximum Gasteiger partial charge on any atom is 0.137 e. The zero-order valence-corrected chi connectivity index (χ0v) is 13.4. The number of aromatic nitrogens is 3. The minimum atomic E-state index is 0.680. The number of nitrogens with one attached hydrogen (secondary N) is 1. The number of hydrogen-bond acceptors (Lipinski definition) is 4. The molecule has 0 radical (unpaired) electrons. The van der Waals surface area contributed by atoms with Crippen LogP contribution in [-0.4, -0.2) is 47.1 Å². The Morgan fingerprint density at radius 3 is 2.43 bits per heavy atom. The van der Waals surface area contributed by atoms with E-state index in [4.69, 9.17) is 4.74 Å². The van der Waals surface area contributed by atoms with Gasteiger partial charge >= 0.3 is 0 Å². The molecule has 0 fully saturated rings. The van der Waals surface area contributed by atoms with Crippen LogP contribution in [0.4, 0.5) is 0 Å². The molecule has 2 aromatic heterocycles. The van der Waals surface area contributed by atoms with Gasteiger partial charge in [0.05, 0.1) is 11.9 Å². The highest BCUT2D eigenvalue weighted by Gasteiger charge is 2.05. The second kappa shape index (κ2) is 7.07. The van der Waals surface area contributed by atoms with Gasteiger partial charge in [-0.25, -0.2) is 4.98 Å². The van der Waals surface area contributed by atoms with Gasteiger partial charge in [0.15, 0.2) is 0 Å². The fourth-order valence-corrected chi connectivity index (χ4v) is 2.20. The lowest BCUT2D eigenvalue weighted by Gasteiger charge is -2.11. The fraction of sp³-hybridized carbons (Fsp3) is 0.222. The lowest BCUT2D eigenvalue weighted by molar-refractivity contribution is 0.261. The van der Waals surface area contributed by atoms with Crippen LogP contribution in [0.1, 0.15) is 0 Å². The van der Waals surface area contributed by atoms with Gasteiger partial charge in [-0.3, -0.25) is 4.98 Å². The molecule has 0 amide bonds. The van der Waals surface area contributed by atoms with Gasteiger partial charge in [0.1, 0.15) is 18.2 Å². The van der Waals surface area contributed by atoms with Crippen LogP contribution in [0.25, 0.3) is 22.6 Å². The Kier molecular flexibility index (Phi) is 4.68. The summed E-state index contributed by atoms with van der Waals surface area (Å²) >= 11 is 0. The Bertz CT molecular complexity index is 735. The van der Waals surface area contributed by atoms with Gasteiger partial charge in [-0.1, -0.05) is 0 Å². The van der Waals surface area contributed by atoms with Gasteiger partial charge < -0.3 is 14.6 Å². The molecule has 0 saturated carbocycles. The third-order valence-electron chi connectivity index (χ3n) is 3.50. The first-order valence-electron chi connectivity index (χ1n) is 7.56. The first-order valence-corrected chi connectivity index (χ1v) is 7.56. The van der Waals surface area contributed by atoms with Gasteiger partial charge in [0.2, 0.25) is 0 Å². The highest BCUT2D eigenvalue weighted by atomic mass is 16.5. The number of H-pyrrole nitrogens is 1. The van der Waals surface area contributed by atoms with Crippen LogP contribution in [0.5, 0.6) is 5.75 Å². The maximum atomic E-state index is 5.70. The molecule has 118 valence electrons. The van der Waals surface area contributed by atoms with E-state index < -0.39 is 0 Å². The summed E-state index contributed by atoms with van der Waals surface area (Å²) in [5.74, 6) is 1.72. The number of hydrogen-bond donors (Lipinski definition) is 1. The zero-order chi connectivity index (χ0) is 16.1. The number of pyridine rings is 1. The molecule has 0 aliphatic carbocycles. The topological polar surface area (TPSA) is 54.0 Å². The molecule has 3 rings (SSSR count). The van der Waals surface area contributed by atoms with Gasteiger partial charge in [0, 0.05) is 30.1 Å². The summed E-state index contributed by atoms with van der Waals surface area (Å²) in [4.78, 5) is 13.9. The van der Waals surface area contributed by atoms with Crippen LogP contribution >= 0.6 is 0 Å². The average molecular weight is 308 g/mol. The first-order chi connectivity index (χ1) is 11.2. The van der Waals surface area contributed by atoms with Gasteiger partial charge in [-0.2, -0.15) is 0 Å². The fourth-order valence-electron chi connectivity index (χ4n) is 2.20. The summed E-state index contributed by atoms with van der Waals surface area (Å²) in [5, 5.41) is 0. The third kappa shape index (κ3) is 3.96. The lowest BCUT2D eigenvalue weighted by Crippen LogP contribution is -2.19. The standard InChI is InChI=1S/C18H20N4O/c1-22(2)11-12-23-16-5-3-15(4-6-16)18-20-13-17(21-18)14-7-9-19-10-8-14/h3-10,13H,11-12H2,1-2H3,(H,20,21). The third-order valence-corrected chi connectivity index (χ3v) is 3.50. The van der Waals surface area contributed by atoms with Crippen molar-refractivity contribution in [1.82, 2.24) is 19.9 Å². The van der Waals surface area contributed by atoms with E-state index in [0.29, 0.717) is 6.61 Å². The summed E-state index contributed by atoms with van der Waals surface area (Å²) < 4.78 is 5.70. The number of imidazole rings is 1. The molecule has 1 aromatic carbocycles. The summed E-state index contributed by atoms with van der Waals surface area (Å²) in [6.07, 6.45) is 5.39. The van der Waals surface area contributed by atoms with E-state index in [-0.39, 0.29) is 0 Å². The highest BCUT2D eigenvalue weighted by molar-refractivity contribution is 5.64. The smallest absolute Gasteiger partial charge is 0.137 e. The summed E-state index contributed by atoms with van der Waals surface area (Å²) in [6.45, 7) is 1.58. The Morgan fingerprint density at radius 1 is 1.00 bits per heavy atom. The van der Waals surface area contributed by atoms with Crippen molar-refractivity contribution in [3.63, 3.8) is 0 Å². The van der Waals surface area contributed by atoms with Gasteiger partial charge in [0.25, 0.3) is 0 Å². The second-order valence-corrected chi connectivity index (χ2v) is 5.56. The van der Waals surface area contributed by atoms with Crippen LogP contribution < -0.4 is 4.74 Å². The molecule has 0 bridgehead atoms. The molecule has 5 heteroatoms. The van der Waals surface area contributed by atoms with Crippen molar-refractivity contribution in [3.8, 4) is 28.4 Å². The Labute approximate surface area is 136 Å². The molecule has 0 unspecified atom stereocenters. The van der Waals surface area contributed by atoms with Crippen molar-refractivity contribution in [1.29, 1.82) is 0 Å². The predicted octanol–water partition coefficient (Wildman–Crippen LogP) is 3.08. The maximum absolute atomic E-state index is 5.70. The molecule has 2 heterocycles. The van der Waals surface area contributed by atoms with Crippen molar-refractivity contribution in [2.45, 2.75) is 0 Å². The summed E-state index contributed by atoms with van der Waals surface area (Å²) in [6, 6.07) is 11.9. The molecule has 0 aliphatic heterocycles. The van der Waals surface area contributed by atoms with E-state index in [0.717, 1.165) is 34.9 Å². The molecular weight excluding hydrogens is 288 g/mol. The van der Waals surface area contributed by atoms with Gasteiger partial charge in [-0.15, -0.1) is 0 Å². The molecular formula is C18H20N4O. The molecule has 1 N–H and O–H groups in total. The van der Waals surface area contributed by atoms with E-state index >= 15 is 0 Å². The van der Waals surface area contributed by atoms with Crippen molar-refractivity contribution in [2.24, 2.45) is 0 Å². The van der Waals surface area contributed by atoms with Crippen molar-refractivity contribution in [3.05, 3.63) is 55.0 Å². The molecule has 0 saturated heterocycles. The molecule has 0 spiro atoms. The number of likely N-dealkylation sites (N-methyl/N-ethyl adjacent to an activating group) is 1. The van der Waals surface area contributed by atoms with Crippen molar-refractivity contribution in [2.75, 3.05) is 27.2 Å². The van der Waals surface area contributed by atoms with Crippen molar-refractivity contribution >= 4 is 0 Å². The van der Waals surface area contributed by atoms with E-state index in [2.05, 4.69) is 19.9 Å². The largest absolute Gasteiger partial charge is 0.492 e. The quantitative estimate of drug-likeness (QED) is 0.760. The average Bonchev–Trinajstić information content (AvgIpc) is 3.06. The molecule has 5 nitrogen and oxygen atoms in total. The van der Waals surface area contributed by atoms with Crippen LogP contribution in [0.3, 0.4) is 0 Å². The highest BCUT2D eigenvalue weighted by Crippen LogP contribution is 2.23. The van der Waals surface area contributed by atoms with Crippen molar-refractivity contribution < 1.29 is 4.74 Å². The SMILES string of the molecule is CN(C)CCOc1ccc(-c2ncc(-c3ccncc3)[nH]2)cc1. The normalized spacial score (nSPS) is 10.9. The van der Waals surface area contributed by atoms with E-state index in [1.54, 1.807) is 12.4 Å². The number of ether oxygens (including phenoxy) is 1. The molecule has 3 aromatic rings. The van der Waals surface area contributed by atoms with Crippen LogP contribution in [0.15, 0.2) is 55.0 Å². The molecule has 0 atom stereocenters. The summed E-state index contributed by atoms with van der Waals surface area (Å²) in [7, 11) is 4.06. The predicted molar refractivity (Wildman–Crippen MR) is 91.3 cm³/mol. The van der Waals surface area contributed by atoms with E-state index in [1.165, 1.54) is 0 Å². The van der Waals surface area contributed by atoms with E-state index in [1.807, 2.05) is 56.7 Å². The summed E-state index contributed by atoms with van der Waals surface area (Å²) in [5.41, 5.74) is 3.08. The zero-order valence-electron chi connectivity index (χ0n) is 13.4. The number of benzene rings is 1. The Balaban J connectivity index is 1.69. The van der Waals surface area contributed by atoms with Crippen LogP contribution in [0.2, 0.25) is 0 Å². The number of nitrogens with zero attached hydrogens (tertiary/aromatic N) is 3. The number of aromatic amines is 1. The van der Waals surface area contributed by atoms with Crippen LogP contribution in [0, 0.1) is 0 Å². The monoisotopic (exact) mass is 308 g/mol. The molecule has 23 heavy (non-hydrogen) atoms. The Hall–Kier alpha value is -2.66. The van der Waals surface area contributed by atoms with E-state index in [9.17, 15) is 0 Å².